The summed E-state index contributed by atoms with van der Waals surface area (Å²) in [6, 6.07) is 8.24. The summed E-state index contributed by atoms with van der Waals surface area (Å²) in [4.78, 5) is 4.42. The first-order chi connectivity index (χ1) is 13.0. The first-order valence-corrected chi connectivity index (χ1v) is 8.49. The summed E-state index contributed by atoms with van der Waals surface area (Å²) in [5, 5.41) is 15.9. The summed E-state index contributed by atoms with van der Waals surface area (Å²) in [6.07, 6.45) is 0. The van der Waals surface area contributed by atoms with Crippen LogP contribution in [0.5, 0.6) is 17.2 Å². The Labute approximate surface area is 180 Å². The number of nitrogens with one attached hydrogen (secondary N) is 2. The zero-order valence-corrected chi connectivity index (χ0v) is 18.0. The highest BCUT2D eigenvalue weighted by molar-refractivity contribution is 14.0. The van der Waals surface area contributed by atoms with Gasteiger partial charge in [-0.2, -0.15) is 0 Å². The molecule has 0 aliphatic heterocycles. The van der Waals surface area contributed by atoms with E-state index >= 15 is 0 Å². The number of nitrogens with zero attached hydrogens (tertiary/aromatic N) is 1. The predicted octanol–water partition coefficient (Wildman–Crippen LogP) is 3.43. The molecule has 0 bridgehead atoms. The molecule has 3 N–H and O–H groups in total. The SMILES string of the molecule is CCNC(=NCc1ccc(OC)c(O)c1)NCCOc1ccc(F)cc1F.I. The third kappa shape index (κ3) is 7.37. The minimum atomic E-state index is -0.741. The van der Waals surface area contributed by atoms with Gasteiger partial charge in [0.1, 0.15) is 12.4 Å². The normalized spacial score (nSPS) is 10.8. The van der Waals surface area contributed by atoms with Gasteiger partial charge in [0.05, 0.1) is 20.2 Å². The minimum absolute atomic E-state index is 0. The van der Waals surface area contributed by atoms with Crippen molar-refractivity contribution in [3.8, 4) is 17.2 Å². The first kappa shape index (κ1) is 23.7. The average molecular weight is 507 g/mol. The molecule has 0 spiro atoms. The molecule has 0 aliphatic carbocycles. The molecule has 2 aromatic carbocycles. The Morgan fingerprint density at radius 1 is 1.11 bits per heavy atom. The van der Waals surface area contributed by atoms with Crippen molar-refractivity contribution < 1.29 is 23.4 Å². The van der Waals surface area contributed by atoms with Gasteiger partial charge in [-0.15, -0.1) is 24.0 Å². The molecular formula is C19H24F2IN3O3. The minimum Gasteiger partial charge on any atom is -0.504 e. The molecule has 9 heteroatoms. The number of ether oxygens (including phenoxy) is 2. The Morgan fingerprint density at radius 2 is 1.86 bits per heavy atom. The number of hydrogen-bond acceptors (Lipinski definition) is 4. The molecule has 2 rings (SSSR count). The largest absolute Gasteiger partial charge is 0.504 e. The number of guanidine groups is 1. The monoisotopic (exact) mass is 507 g/mol. The molecule has 0 saturated heterocycles. The molecule has 6 nitrogen and oxygen atoms in total. The summed E-state index contributed by atoms with van der Waals surface area (Å²) in [7, 11) is 1.49. The van der Waals surface area contributed by atoms with Gasteiger partial charge < -0.3 is 25.2 Å². The fraction of sp³-hybridized carbons (Fsp3) is 0.316. The van der Waals surface area contributed by atoms with Crippen LogP contribution in [0.15, 0.2) is 41.4 Å². The van der Waals surface area contributed by atoms with Crippen LogP contribution < -0.4 is 20.1 Å². The van der Waals surface area contributed by atoms with E-state index in [-0.39, 0.29) is 42.1 Å². The van der Waals surface area contributed by atoms with Crippen LogP contribution in [0.3, 0.4) is 0 Å². The lowest BCUT2D eigenvalue weighted by atomic mass is 10.2. The lowest BCUT2D eigenvalue weighted by Crippen LogP contribution is -2.39. The molecule has 0 radical (unpaired) electrons. The van der Waals surface area contributed by atoms with Crippen molar-refractivity contribution in [1.82, 2.24) is 10.6 Å². The van der Waals surface area contributed by atoms with Crippen molar-refractivity contribution in [3.05, 3.63) is 53.6 Å². The maximum absolute atomic E-state index is 13.5. The Morgan fingerprint density at radius 3 is 2.50 bits per heavy atom. The number of benzene rings is 2. The summed E-state index contributed by atoms with van der Waals surface area (Å²) >= 11 is 0. The molecule has 0 amide bonds. The van der Waals surface area contributed by atoms with E-state index in [1.807, 2.05) is 13.0 Å². The second-order valence-corrected chi connectivity index (χ2v) is 5.55. The van der Waals surface area contributed by atoms with Crippen molar-refractivity contribution in [2.75, 3.05) is 26.8 Å². The number of phenolic OH excluding ortho intramolecular Hbond substituents is 1. The summed E-state index contributed by atoms with van der Waals surface area (Å²) in [6.45, 7) is 3.49. The Hall–Kier alpha value is -2.30. The lowest BCUT2D eigenvalue weighted by molar-refractivity contribution is 0.304. The van der Waals surface area contributed by atoms with Crippen molar-refractivity contribution in [2.24, 2.45) is 4.99 Å². The number of aromatic hydroxyl groups is 1. The van der Waals surface area contributed by atoms with E-state index in [9.17, 15) is 13.9 Å². The van der Waals surface area contributed by atoms with Crippen LogP contribution in [0.1, 0.15) is 12.5 Å². The topological polar surface area (TPSA) is 75.1 Å². The van der Waals surface area contributed by atoms with Crippen LogP contribution in [0.2, 0.25) is 0 Å². The number of methoxy groups -OCH3 is 1. The van der Waals surface area contributed by atoms with E-state index in [1.165, 1.54) is 13.2 Å². The maximum Gasteiger partial charge on any atom is 0.191 e. The number of rotatable bonds is 8. The van der Waals surface area contributed by atoms with Crippen molar-refractivity contribution in [3.63, 3.8) is 0 Å². The van der Waals surface area contributed by atoms with Crippen LogP contribution in [0, 0.1) is 11.6 Å². The highest BCUT2D eigenvalue weighted by Gasteiger charge is 2.05. The van der Waals surface area contributed by atoms with Gasteiger partial charge in [-0.05, 0) is 36.8 Å². The van der Waals surface area contributed by atoms with Crippen LogP contribution in [0.25, 0.3) is 0 Å². The Kier molecular flexibility index (Phi) is 10.4. The highest BCUT2D eigenvalue weighted by atomic mass is 127. The molecule has 0 aliphatic rings. The van der Waals surface area contributed by atoms with E-state index in [4.69, 9.17) is 9.47 Å². The second kappa shape index (κ2) is 12.2. The third-order valence-electron chi connectivity index (χ3n) is 3.55. The smallest absolute Gasteiger partial charge is 0.191 e. The standard InChI is InChI=1S/C19H23F2N3O3.HI/c1-3-22-19(24-12-13-4-6-18(26-2)16(25)10-13)23-8-9-27-17-7-5-14(20)11-15(17)21;/h4-7,10-11,25H,3,8-9,12H2,1-2H3,(H2,22,23,24);1H. The molecule has 0 unspecified atom stereocenters. The zero-order valence-electron chi connectivity index (χ0n) is 15.7. The number of aliphatic imine (C=N–C) groups is 1. The fourth-order valence-electron chi connectivity index (χ4n) is 2.27. The van der Waals surface area contributed by atoms with Crippen LogP contribution in [-0.2, 0) is 6.54 Å². The Bertz CT molecular complexity index is 791. The molecule has 28 heavy (non-hydrogen) atoms. The molecule has 2 aromatic rings. The summed E-state index contributed by atoms with van der Waals surface area (Å²) < 4.78 is 36.7. The zero-order chi connectivity index (χ0) is 19.6. The van der Waals surface area contributed by atoms with Gasteiger partial charge in [-0.25, -0.2) is 13.8 Å². The molecule has 0 saturated carbocycles. The van der Waals surface area contributed by atoms with Gasteiger partial charge in [0.15, 0.2) is 29.0 Å². The van der Waals surface area contributed by atoms with Gasteiger partial charge in [0.25, 0.3) is 0 Å². The average Bonchev–Trinajstić information content (AvgIpc) is 2.64. The van der Waals surface area contributed by atoms with E-state index in [0.29, 0.717) is 31.3 Å². The second-order valence-electron chi connectivity index (χ2n) is 5.55. The van der Waals surface area contributed by atoms with Gasteiger partial charge in [-0.1, -0.05) is 6.07 Å². The molecule has 0 heterocycles. The van der Waals surface area contributed by atoms with Crippen LogP contribution >= 0.6 is 24.0 Å². The summed E-state index contributed by atoms with van der Waals surface area (Å²) in [5.41, 5.74) is 0.815. The van der Waals surface area contributed by atoms with Crippen LogP contribution in [-0.4, -0.2) is 37.9 Å². The van der Waals surface area contributed by atoms with Gasteiger partial charge >= 0.3 is 0 Å². The Balaban J connectivity index is 0.00000392. The van der Waals surface area contributed by atoms with Crippen LogP contribution in [0.4, 0.5) is 8.78 Å². The van der Waals surface area contributed by atoms with E-state index < -0.39 is 11.6 Å². The molecule has 0 fully saturated rings. The quantitative estimate of drug-likeness (QED) is 0.221. The van der Waals surface area contributed by atoms with Gasteiger partial charge in [0.2, 0.25) is 0 Å². The highest BCUT2D eigenvalue weighted by Crippen LogP contribution is 2.26. The molecule has 154 valence electrons. The van der Waals surface area contributed by atoms with Crippen molar-refractivity contribution in [2.45, 2.75) is 13.5 Å². The maximum atomic E-state index is 13.5. The first-order valence-electron chi connectivity index (χ1n) is 8.49. The number of phenols is 1. The van der Waals surface area contributed by atoms with Gasteiger partial charge in [0, 0.05) is 12.6 Å². The number of halogens is 3. The number of hydrogen-bond donors (Lipinski definition) is 3. The predicted molar refractivity (Wildman–Crippen MR) is 115 cm³/mol. The van der Waals surface area contributed by atoms with E-state index in [1.54, 1.807) is 12.1 Å². The van der Waals surface area contributed by atoms with Crippen molar-refractivity contribution >= 4 is 29.9 Å². The summed E-state index contributed by atoms with van der Waals surface area (Å²) in [5.74, 6) is -0.389. The fourth-order valence-corrected chi connectivity index (χ4v) is 2.27. The molecule has 0 atom stereocenters. The molecule has 0 aromatic heterocycles. The lowest BCUT2D eigenvalue weighted by Gasteiger charge is -2.12. The van der Waals surface area contributed by atoms with E-state index in [0.717, 1.165) is 17.7 Å². The third-order valence-corrected chi connectivity index (χ3v) is 3.55. The van der Waals surface area contributed by atoms with E-state index in [2.05, 4.69) is 15.6 Å². The van der Waals surface area contributed by atoms with Gasteiger partial charge in [-0.3, -0.25) is 0 Å². The van der Waals surface area contributed by atoms with Crippen molar-refractivity contribution in [1.29, 1.82) is 0 Å². The molecular weight excluding hydrogens is 483 g/mol.